The number of ketones is 1. The Hall–Kier alpha value is -1.64. The lowest BCUT2D eigenvalue weighted by Gasteiger charge is -2.30. The van der Waals surface area contributed by atoms with Crippen LogP contribution in [-0.2, 0) is 4.79 Å². The van der Waals surface area contributed by atoms with Crippen LogP contribution in [0, 0.1) is 13.8 Å². The van der Waals surface area contributed by atoms with Crippen LogP contribution < -0.4 is 0 Å². The van der Waals surface area contributed by atoms with Crippen LogP contribution in [0.4, 0.5) is 0 Å². The minimum Gasteiger partial charge on any atom is -0.343 e. The molecule has 0 spiro atoms. The van der Waals surface area contributed by atoms with Gasteiger partial charge in [0.25, 0.3) is 0 Å². The van der Waals surface area contributed by atoms with Gasteiger partial charge in [0.2, 0.25) is 5.91 Å². The Labute approximate surface area is 108 Å². The Morgan fingerprint density at radius 1 is 1.17 bits per heavy atom. The van der Waals surface area contributed by atoms with E-state index in [9.17, 15) is 9.59 Å². The average molecular weight is 245 g/mol. The molecule has 0 N–H and O–H groups in total. The lowest BCUT2D eigenvalue weighted by molar-refractivity contribution is -0.134. The Balaban J connectivity index is 1.94. The first-order valence-electron chi connectivity index (χ1n) is 6.46. The van der Waals surface area contributed by atoms with Crippen LogP contribution in [0.3, 0.4) is 0 Å². The van der Waals surface area contributed by atoms with Crippen molar-refractivity contribution in [2.24, 2.45) is 0 Å². The van der Waals surface area contributed by atoms with Gasteiger partial charge in [0.15, 0.2) is 5.78 Å². The molecule has 0 aliphatic carbocycles. The molecule has 1 fully saturated rings. The molecule has 3 nitrogen and oxygen atoms in total. The summed E-state index contributed by atoms with van der Waals surface area (Å²) in [4.78, 5) is 25.6. The number of hydrogen-bond donors (Lipinski definition) is 0. The monoisotopic (exact) mass is 245 g/mol. The third-order valence-corrected chi connectivity index (χ3v) is 3.47. The molecule has 1 aliphatic rings. The first-order valence-corrected chi connectivity index (χ1v) is 6.46. The van der Waals surface area contributed by atoms with Crippen molar-refractivity contribution in [1.29, 1.82) is 0 Å². The van der Waals surface area contributed by atoms with Gasteiger partial charge in [0.05, 0.1) is 0 Å². The van der Waals surface area contributed by atoms with E-state index in [4.69, 9.17) is 0 Å². The number of likely N-dealkylation sites (tertiary alicyclic amines) is 1. The maximum Gasteiger partial charge on any atom is 0.223 e. The summed E-state index contributed by atoms with van der Waals surface area (Å²) in [6.45, 7) is 5.62. The van der Waals surface area contributed by atoms with Gasteiger partial charge in [-0.3, -0.25) is 9.59 Å². The minimum absolute atomic E-state index is 0.0741. The van der Waals surface area contributed by atoms with Crippen molar-refractivity contribution in [3.05, 3.63) is 34.9 Å². The molecular formula is C15H19NO2. The van der Waals surface area contributed by atoms with Gasteiger partial charge in [-0.05, 0) is 31.9 Å². The summed E-state index contributed by atoms with van der Waals surface area (Å²) in [5.41, 5.74) is 2.83. The van der Waals surface area contributed by atoms with E-state index in [1.54, 1.807) is 0 Å². The Morgan fingerprint density at radius 3 is 2.50 bits per heavy atom. The first-order chi connectivity index (χ1) is 8.58. The molecule has 3 heteroatoms. The second-order valence-corrected chi connectivity index (χ2v) is 4.98. The van der Waals surface area contributed by atoms with E-state index in [-0.39, 0.29) is 11.7 Å². The smallest absolute Gasteiger partial charge is 0.223 e. The maximum atomic E-state index is 12.1. The number of rotatable bonds is 4. The zero-order chi connectivity index (χ0) is 13.1. The highest BCUT2D eigenvalue weighted by molar-refractivity contribution is 5.99. The topological polar surface area (TPSA) is 37.4 Å². The molecule has 0 aromatic heterocycles. The van der Waals surface area contributed by atoms with E-state index in [1.165, 1.54) is 0 Å². The van der Waals surface area contributed by atoms with Gasteiger partial charge >= 0.3 is 0 Å². The lowest BCUT2D eigenvalue weighted by Crippen LogP contribution is -2.42. The van der Waals surface area contributed by atoms with Crippen LogP contribution in [0.5, 0.6) is 0 Å². The summed E-state index contributed by atoms with van der Waals surface area (Å²) in [5, 5.41) is 0. The van der Waals surface area contributed by atoms with Gasteiger partial charge in [0.1, 0.15) is 0 Å². The molecule has 0 unspecified atom stereocenters. The number of carbonyl (C=O) groups excluding carboxylic acids is 2. The van der Waals surface area contributed by atoms with E-state index in [2.05, 4.69) is 0 Å². The zero-order valence-corrected chi connectivity index (χ0v) is 11.0. The molecule has 1 amide bonds. The van der Waals surface area contributed by atoms with E-state index in [0.29, 0.717) is 12.8 Å². The van der Waals surface area contributed by atoms with Gasteiger partial charge in [-0.15, -0.1) is 0 Å². The number of aryl methyl sites for hydroxylation is 2. The molecule has 1 saturated heterocycles. The summed E-state index contributed by atoms with van der Waals surface area (Å²) in [6, 6.07) is 5.86. The van der Waals surface area contributed by atoms with E-state index in [0.717, 1.165) is 36.2 Å². The van der Waals surface area contributed by atoms with Crippen molar-refractivity contribution in [3.8, 4) is 0 Å². The Kier molecular flexibility index (Phi) is 3.80. The standard InChI is InChI=1S/C15H19NO2/c1-11-4-5-12(2)13(10-11)14(17)6-7-15(18)16-8-3-9-16/h4-5,10H,3,6-9H2,1-2H3. The second kappa shape index (κ2) is 5.34. The van der Waals surface area contributed by atoms with E-state index < -0.39 is 0 Å². The molecule has 1 aliphatic heterocycles. The van der Waals surface area contributed by atoms with Crippen molar-refractivity contribution >= 4 is 11.7 Å². The summed E-state index contributed by atoms with van der Waals surface area (Å²) >= 11 is 0. The van der Waals surface area contributed by atoms with Gasteiger partial charge in [-0.25, -0.2) is 0 Å². The van der Waals surface area contributed by atoms with Crippen LogP contribution in [-0.4, -0.2) is 29.7 Å². The van der Waals surface area contributed by atoms with Crippen molar-refractivity contribution < 1.29 is 9.59 Å². The highest BCUT2D eigenvalue weighted by atomic mass is 16.2. The van der Waals surface area contributed by atoms with Gasteiger partial charge < -0.3 is 4.90 Å². The molecular weight excluding hydrogens is 226 g/mol. The SMILES string of the molecule is Cc1ccc(C)c(C(=O)CCC(=O)N2CCC2)c1. The molecule has 96 valence electrons. The molecule has 0 bridgehead atoms. The highest BCUT2D eigenvalue weighted by Crippen LogP contribution is 2.15. The van der Waals surface area contributed by atoms with Crippen LogP contribution in [0.15, 0.2) is 18.2 Å². The zero-order valence-electron chi connectivity index (χ0n) is 11.0. The number of carbonyl (C=O) groups is 2. The fraction of sp³-hybridized carbons (Fsp3) is 0.467. The largest absolute Gasteiger partial charge is 0.343 e. The van der Waals surface area contributed by atoms with Crippen molar-refractivity contribution in [2.45, 2.75) is 33.1 Å². The van der Waals surface area contributed by atoms with Crippen molar-refractivity contribution in [1.82, 2.24) is 4.90 Å². The lowest BCUT2D eigenvalue weighted by atomic mass is 9.99. The van der Waals surface area contributed by atoms with E-state index >= 15 is 0 Å². The molecule has 18 heavy (non-hydrogen) atoms. The van der Waals surface area contributed by atoms with Gasteiger partial charge in [-0.2, -0.15) is 0 Å². The third kappa shape index (κ3) is 2.78. The quantitative estimate of drug-likeness (QED) is 0.764. The predicted molar refractivity (Wildman–Crippen MR) is 70.7 cm³/mol. The summed E-state index contributed by atoms with van der Waals surface area (Å²) in [5.74, 6) is 0.185. The highest BCUT2D eigenvalue weighted by Gasteiger charge is 2.21. The Bertz CT molecular complexity index is 475. The molecule has 0 radical (unpaired) electrons. The number of nitrogens with zero attached hydrogens (tertiary/aromatic N) is 1. The summed E-state index contributed by atoms with van der Waals surface area (Å²) in [6.07, 6.45) is 1.75. The average Bonchev–Trinajstić information content (AvgIpc) is 2.27. The minimum atomic E-state index is 0.0741. The molecule has 0 saturated carbocycles. The fourth-order valence-corrected chi connectivity index (χ4v) is 2.12. The van der Waals surface area contributed by atoms with Crippen molar-refractivity contribution in [3.63, 3.8) is 0 Å². The molecule has 1 heterocycles. The van der Waals surface area contributed by atoms with Crippen LogP contribution in [0.25, 0.3) is 0 Å². The summed E-state index contributed by atoms with van der Waals surface area (Å²) in [7, 11) is 0. The van der Waals surface area contributed by atoms with Gasteiger partial charge in [0, 0.05) is 31.5 Å². The first kappa shape index (κ1) is 12.8. The second-order valence-electron chi connectivity index (χ2n) is 4.98. The molecule has 1 aromatic rings. The molecule has 2 rings (SSSR count). The number of hydrogen-bond acceptors (Lipinski definition) is 2. The van der Waals surface area contributed by atoms with E-state index in [1.807, 2.05) is 36.9 Å². The van der Waals surface area contributed by atoms with Crippen LogP contribution in [0.1, 0.15) is 40.7 Å². The predicted octanol–water partition coefficient (Wildman–Crippen LogP) is 2.50. The van der Waals surface area contributed by atoms with Gasteiger partial charge in [-0.1, -0.05) is 17.7 Å². The summed E-state index contributed by atoms with van der Waals surface area (Å²) < 4.78 is 0. The van der Waals surface area contributed by atoms with Crippen LogP contribution >= 0.6 is 0 Å². The number of amides is 1. The Morgan fingerprint density at radius 2 is 1.89 bits per heavy atom. The van der Waals surface area contributed by atoms with Crippen molar-refractivity contribution in [2.75, 3.05) is 13.1 Å². The maximum absolute atomic E-state index is 12.1. The fourth-order valence-electron chi connectivity index (χ4n) is 2.12. The third-order valence-electron chi connectivity index (χ3n) is 3.47. The number of benzene rings is 1. The molecule has 1 aromatic carbocycles. The number of Topliss-reactive ketones (excluding diaryl/α,β-unsaturated/α-hetero) is 1. The normalized spacial score (nSPS) is 14.2. The molecule has 0 atom stereocenters. The van der Waals surface area contributed by atoms with Crippen LogP contribution in [0.2, 0.25) is 0 Å².